The van der Waals surface area contributed by atoms with E-state index in [1.165, 1.54) is 5.56 Å². The van der Waals surface area contributed by atoms with E-state index >= 15 is 0 Å². The second-order valence-electron chi connectivity index (χ2n) is 5.64. The molecule has 1 atom stereocenters. The molecule has 0 spiro atoms. The van der Waals surface area contributed by atoms with Gasteiger partial charge in [-0.2, -0.15) is 0 Å². The first-order valence-corrected chi connectivity index (χ1v) is 7.93. The predicted molar refractivity (Wildman–Crippen MR) is 90.1 cm³/mol. The lowest BCUT2D eigenvalue weighted by atomic mass is 10.0. The van der Waals surface area contributed by atoms with Crippen molar-refractivity contribution < 1.29 is 9.84 Å². The first-order valence-electron chi connectivity index (χ1n) is 7.14. The van der Waals surface area contributed by atoms with E-state index in [2.05, 4.69) is 48.0 Å². The van der Waals surface area contributed by atoms with Crippen molar-refractivity contribution in [2.45, 2.75) is 39.7 Å². The minimum atomic E-state index is -0.501. The van der Waals surface area contributed by atoms with Crippen molar-refractivity contribution in [1.82, 2.24) is 0 Å². The summed E-state index contributed by atoms with van der Waals surface area (Å²) in [6.45, 7) is 8.13. The predicted octanol–water partition coefficient (Wildman–Crippen LogP) is 5.73. The maximum atomic E-state index is 9.66. The largest absolute Gasteiger partial charge is 0.457 e. The van der Waals surface area contributed by atoms with E-state index in [0.29, 0.717) is 5.92 Å². The van der Waals surface area contributed by atoms with Crippen LogP contribution in [0.25, 0.3) is 0 Å². The second kappa shape index (κ2) is 6.63. The van der Waals surface area contributed by atoms with Crippen LogP contribution in [-0.2, 0) is 0 Å². The topological polar surface area (TPSA) is 29.5 Å². The lowest BCUT2D eigenvalue weighted by molar-refractivity contribution is 0.198. The average Bonchev–Trinajstić information content (AvgIpc) is 2.40. The van der Waals surface area contributed by atoms with E-state index in [1.807, 2.05) is 25.1 Å². The Labute approximate surface area is 134 Å². The van der Waals surface area contributed by atoms with Crippen molar-refractivity contribution in [3.8, 4) is 11.5 Å². The third-order valence-corrected chi connectivity index (χ3v) is 4.22. The highest BCUT2D eigenvalue weighted by Crippen LogP contribution is 2.32. The highest BCUT2D eigenvalue weighted by Gasteiger charge is 2.10. The van der Waals surface area contributed by atoms with Crippen LogP contribution in [0.1, 0.15) is 49.5 Å². The fourth-order valence-electron chi connectivity index (χ4n) is 2.12. The molecule has 3 heteroatoms. The normalized spacial score (nSPS) is 12.5. The van der Waals surface area contributed by atoms with Crippen molar-refractivity contribution in [3.05, 3.63) is 57.6 Å². The van der Waals surface area contributed by atoms with Crippen molar-refractivity contribution >= 4 is 15.9 Å². The van der Waals surface area contributed by atoms with Crippen LogP contribution in [0.3, 0.4) is 0 Å². The third kappa shape index (κ3) is 3.86. The van der Waals surface area contributed by atoms with Gasteiger partial charge in [-0.1, -0.05) is 48.0 Å². The van der Waals surface area contributed by atoms with Crippen LogP contribution in [-0.4, -0.2) is 5.11 Å². The number of aliphatic hydroxyl groups excluding tert-OH is 1. The number of benzene rings is 2. The first-order chi connectivity index (χ1) is 9.88. The quantitative estimate of drug-likeness (QED) is 0.764. The number of ether oxygens (including phenoxy) is 1. The van der Waals surface area contributed by atoms with Gasteiger partial charge in [-0.15, -0.1) is 0 Å². The fourth-order valence-corrected chi connectivity index (χ4v) is 2.81. The molecule has 2 nitrogen and oxygen atoms in total. The minimum absolute atomic E-state index is 0.470. The Kier molecular flexibility index (Phi) is 5.07. The van der Waals surface area contributed by atoms with Crippen LogP contribution in [0.4, 0.5) is 0 Å². The Morgan fingerprint density at radius 3 is 2.33 bits per heavy atom. The van der Waals surface area contributed by atoms with Crippen LogP contribution in [0, 0.1) is 6.92 Å². The van der Waals surface area contributed by atoms with Gasteiger partial charge >= 0.3 is 0 Å². The molecule has 0 aromatic heterocycles. The smallest absolute Gasteiger partial charge is 0.130 e. The van der Waals surface area contributed by atoms with E-state index in [4.69, 9.17) is 4.74 Å². The van der Waals surface area contributed by atoms with Gasteiger partial charge in [0.1, 0.15) is 11.5 Å². The standard InChI is InChI=1S/C18H21BrO2/c1-11(2)14-6-5-12(3)18(9-14)21-15-7-8-16(13(4)20)17(19)10-15/h5-11,13,20H,1-4H3/t13-/m0/s1. The summed E-state index contributed by atoms with van der Waals surface area (Å²) in [4.78, 5) is 0. The highest BCUT2D eigenvalue weighted by atomic mass is 79.9. The van der Waals surface area contributed by atoms with Gasteiger partial charge in [0.15, 0.2) is 0 Å². The van der Waals surface area contributed by atoms with Gasteiger partial charge < -0.3 is 9.84 Å². The zero-order valence-corrected chi connectivity index (χ0v) is 14.4. The zero-order chi connectivity index (χ0) is 15.6. The van der Waals surface area contributed by atoms with Gasteiger partial charge in [0.2, 0.25) is 0 Å². The van der Waals surface area contributed by atoms with Crippen molar-refractivity contribution in [3.63, 3.8) is 0 Å². The molecule has 0 amide bonds. The van der Waals surface area contributed by atoms with Crippen molar-refractivity contribution in [1.29, 1.82) is 0 Å². The maximum Gasteiger partial charge on any atom is 0.130 e. The van der Waals surface area contributed by atoms with Crippen LogP contribution < -0.4 is 4.74 Å². The second-order valence-corrected chi connectivity index (χ2v) is 6.50. The van der Waals surface area contributed by atoms with E-state index in [0.717, 1.165) is 27.1 Å². The first kappa shape index (κ1) is 16.1. The summed E-state index contributed by atoms with van der Waals surface area (Å²) in [7, 11) is 0. The number of hydrogen-bond donors (Lipinski definition) is 1. The molecule has 0 saturated heterocycles. The molecule has 0 heterocycles. The van der Waals surface area contributed by atoms with Crippen LogP contribution >= 0.6 is 15.9 Å². The number of aryl methyl sites for hydroxylation is 1. The van der Waals surface area contributed by atoms with E-state index < -0.39 is 6.10 Å². The van der Waals surface area contributed by atoms with Crippen molar-refractivity contribution in [2.75, 3.05) is 0 Å². The Bertz CT molecular complexity index is 633. The zero-order valence-electron chi connectivity index (χ0n) is 12.9. The molecular weight excluding hydrogens is 328 g/mol. The number of aliphatic hydroxyl groups is 1. The number of hydrogen-bond acceptors (Lipinski definition) is 2. The molecule has 0 aliphatic heterocycles. The SMILES string of the molecule is Cc1ccc(C(C)C)cc1Oc1ccc([C@H](C)O)c(Br)c1. The summed E-state index contributed by atoms with van der Waals surface area (Å²) in [6, 6.07) is 12.0. The molecule has 2 rings (SSSR count). The molecule has 0 unspecified atom stereocenters. The molecule has 2 aromatic carbocycles. The molecule has 2 aromatic rings. The monoisotopic (exact) mass is 348 g/mol. The Morgan fingerprint density at radius 1 is 1.05 bits per heavy atom. The van der Waals surface area contributed by atoms with E-state index in [-0.39, 0.29) is 0 Å². The van der Waals surface area contributed by atoms with Gasteiger partial charge in [0.25, 0.3) is 0 Å². The lowest BCUT2D eigenvalue weighted by Crippen LogP contribution is -1.95. The van der Waals surface area contributed by atoms with Gasteiger partial charge in [0, 0.05) is 4.47 Å². The van der Waals surface area contributed by atoms with Crippen LogP contribution in [0.5, 0.6) is 11.5 Å². The average molecular weight is 349 g/mol. The van der Waals surface area contributed by atoms with Crippen LogP contribution in [0.15, 0.2) is 40.9 Å². The molecule has 112 valence electrons. The highest BCUT2D eigenvalue weighted by molar-refractivity contribution is 9.10. The van der Waals surface area contributed by atoms with E-state index in [1.54, 1.807) is 6.92 Å². The van der Waals surface area contributed by atoms with Gasteiger partial charge in [-0.05, 0) is 54.7 Å². The molecule has 0 aliphatic carbocycles. The summed E-state index contributed by atoms with van der Waals surface area (Å²) in [6.07, 6.45) is -0.501. The molecule has 1 N–H and O–H groups in total. The summed E-state index contributed by atoms with van der Waals surface area (Å²) in [5.74, 6) is 2.10. The van der Waals surface area contributed by atoms with Crippen molar-refractivity contribution in [2.24, 2.45) is 0 Å². The summed E-state index contributed by atoms with van der Waals surface area (Å²) in [5.41, 5.74) is 3.22. The molecule has 0 saturated carbocycles. The fraction of sp³-hybridized carbons (Fsp3) is 0.333. The molecule has 0 fully saturated rings. The van der Waals surface area contributed by atoms with Gasteiger partial charge in [-0.3, -0.25) is 0 Å². The van der Waals surface area contributed by atoms with Crippen LogP contribution in [0.2, 0.25) is 0 Å². The van der Waals surface area contributed by atoms with E-state index in [9.17, 15) is 5.11 Å². The lowest BCUT2D eigenvalue weighted by Gasteiger charge is -2.14. The summed E-state index contributed by atoms with van der Waals surface area (Å²) in [5, 5.41) is 9.66. The molecular formula is C18H21BrO2. The summed E-state index contributed by atoms with van der Waals surface area (Å²) < 4.78 is 6.86. The maximum absolute atomic E-state index is 9.66. The molecule has 0 radical (unpaired) electrons. The molecule has 0 bridgehead atoms. The Morgan fingerprint density at radius 2 is 1.76 bits per heavy atom. The molecule has 0 aliphatic rings. The minimum Gasteiger partial charge on any atom is -0.457 e. The van der Waals surface area contributed by atoms with Gasteiger partial charge in [-0.25, -0.2) is 0 Å². The third-order valence-electron chi connectivity index (χ3n) is 3.53. The molecule has 21 heavy (non-hydrogen) atoms. The van der Waals surface area contributed by atoms with Gasteiger partial charge in [0.05, 0.1) is 6.10 Å². The summed E-state index contributed by atoms with van der Waals surface area (Å²) >= 11 is 3.48. The Balaban J connectivity index is 2.30. The Hall–Kier alpha value is -1.32. The number of rotatable bonds is 4. The number of halogens is 1.